The number of amides is 1. The number of hydrogen-bond donors (Lipinski definition) is 2. The highest BCUT2D eigenvalue weighted by atomic mass is 32.1. The maximum atomic E-state index is 14.4. The number of aliphatic hydroxyl groups is 1. The van der Waals surface area contributed by atoms with E-state index in [1.54, 1.807) is 12.1 Å². The number of thiophene rings is 1. The molecule has 9 heteroatoms. The first kappa shape index (κ1) is 21.9. The standard InChI is InChI=1S/C21H21F2NO5S/c22-21(23,14-5-2-1-3-6-14)18(25)11-8-15-13-29-20(28)24(15)12-4-7-16-9-10-17(30-16)19(26)27/h1-3,5-6,8-11,15,18,25H,4,7,12-13H2,(H,26,27)/b11-8+. The first-order valence-electron chi connectivity index (χ1n) is 9.34. The van der Waals surface area contributed by atoms with Crippen LogP contribution in [-0.4, -0.2) is 52.5 Å². The molecule has 1 fully saturated rings. The lowest BCUT2D eigenvalue weighted by Crippen LogP contribution is -2.34. The topological polar surface area (TPSA) is 87.1 Å². The lowest BCUT2D eigenvalue weighted by molar-refractivity contribution is -0.0929. The number of benzene rings is 1. The van der Waals surface area contributed by atoms with E-state index in [4.69, 9.17) is 9.84 Å². The van der Waals surface area contributed by atoms with Crippen molar-refractivity contribution in [2.45, 2.75) is 30.9 Å². The molecular formula is C21H21F2NO5S. The molecule has 0 radical (unpaired) electrons. The van der Waals surface area contributed by atoms with E-state index in [9.17, 15) is 23.5 Å². The third-order valence-electron chi connectivity index (χ3n) is 4.75. The van der Waals surface area contributed by atoms with Gasteiger partial charge in [-0.1, -0.05) is 42.5 Å². The molecule has 160 valence electrons. The van der Waals surface area contributed by atoms with Crippen LogP contribution in [0.3, 0.4) is 0 Å². The molecule has 30 heavy (non-hydrogen) atoms. The first-order valence-corrected chi connectivity index (χ1v) is 10.2. The Kier molecular flexibility index (Phi) is 6.84. The van der Waals surface area contributed by atoms with Gasteiger partial charge in [-0.2, -0.15) is 8.78 Å². The monoisotopic (exact) mass is 437 g/mol. The minimum atomic E-state index is -3.47. The van der Waals surface area contributed by atoms with E-state index in [1.165, 1.54) is 52.6 Å². The number of ether oxygens (including phenoxy) is 1. The van der Waals surface area contributed by atoms with E-state index < -0.39 is 30.1 Å². The van der Waals surface area contributed by atoms with Gasteiger partial charge < -0.3 is 14.9 Å². The summed E-state index contributed by atoms with van der Waals surface area (Å²) in [5.74, 6) is -4.45. The lowest BCUT2D eigenvalue weighted by atomic mass is 10.0. The number of rotatable bonds is 9. The van der Waals surface area contributed by atoms with Crippen molar-refractivity contribution >= 4 is 23.4 Å². The van der Waals surface area contributed by atoms with Gasteiger partial charge in [0.1, 0.15) is 17.6 Å². The predicted molar refractivity (Wildman–Crippen MR) is 107 cm³/mol. The Morgan fingerprint density at radius 1 is 1.30 bits per heavy atom. The van der Waals surface area contributed by atoms with Crippen LogP contribution in [0, 0.1) is 0 Å². The van der Waals surface area contributed by atoms with Crippen molar-refractivity contribution in [3.8, 4) is 0 Å². The average Bonchev–Trinajstić information content (AvgIpc) is 3.34. The highest BCUT2D eigenvalue weighted by Gasteiger charge is 2.39. The molecule has 1 aromatic heterocycles. The molecule has 2 atom stereocenters. The molecule has 2 aromatic rings. The third-order valence-corrected chi connectivity index (χ3v) is 5.89. The van der Waals surface area contributed by atoms with E-state index in [2.05, 4.69) is 0 Å². The number of halogens is 2. The number of aliphatic hydroxyl groups excluding tert-OH is 1. The van der Waals surface area contributed by atoms with Gasteiger partial charge in [-0.05, 0) is 25.0 Å². The number of aryl methyl sites for hydroxylation is 1. The predicted octanol–water partition coefficient (Wildman–Crippen LogP) is 3.91. The Labute approximate surface area is 176 Å². The highest BCUT2D eigenvalue weighted by Crippen LogP contribution is 2.32. The summed E-state index contributed by atoms with van der Waals surface area (Å²) in [6.07, 6.45) is 0.893. The van der Waals surface area contributed by atoms with E-state index in [1.807, 2.05) is 0 Å². The minimum Gasteiger partial charge on any atom is -0.477 e. The summed E-state index contributed by atoms with van der Waals surface area (Å²) in [6, 6.07) is 9.74. The summed E-state index contributed by atoms with van der Waals surface area (Å²) < 4.78 is 33.8. The molecule has 0 spiro atoms. The fourth-order valence-corrected chi connectivity index (χ4v) is 4.01. The molecule has 6 nitrogen and oxygen atoms in total. The maximum Gasteiger partial charge on any atom is 0.410 e. The molecule has 2 N–H and O–H groups in total. The van der Waals surface area contributed by atoms with Gasteiger partial charge in [0.2, 0.25) is 0 Å². The SMILES string of the molecule is O=C(O)c1ccc(CCCN2C(=O)OCC2/C=C/C(O)C(F)(F)c2ccccc2)s1. The lowest BCUT2D eigenvalue weighted by Gasteiger charge is -2.22. The molecule has 3 rings (SSSR count). The van der Waals surface area contributed by atoms with Crippen molar-refractivity contribution in [2.75, 3.05) is 13.2 Å². The van der Waals surface area contributed by atoms with E-state index in [0.29, 0.717) is 19.4 Å². The van der Waals surface area contributed by atoms with Crippen LogP contribution in [-0.2, 0) is 17.1 Å². The molecule has 2 heterocycles. The first-order chi connectivity index (χ1) is 14.3. The van der Waals surface area contributed by atoms with Crippen molar-refractivity contribution in [1.82, 2.24) is 4.90 Å². The van der Waals surface area contributed by atoms with Gasteiger partial charge >= 0.3 is 18.0 Å². The van der Waals surface area contributed by atoms with Crippen molar-refractivity contribution < 1.29 is 33.3 Å². The zero-order valence-electron chi connectivity index (χ0n) is 15.9. The molecule has 1 saturated heterocycles. The molecule has 1 aromatic carbocycles. The summed E-state index contributed by atoms with van der Waals surface area (Å²) in [6.45, 7) is 0.334. The summed E-state index contributed by atoms with van der Waals surface area (Å²) in [7, 11) is 0. The van der Waals surface area contributed by atoms with Gasteiger partial charge in [0.05, 0.1) is 6.04 Å². The summed E-state index contributed by atoms with van der Waals surface area (Å²) in [5, 5.41) is 18.9. The van der Waals surface area contributed by atoms with Crippen LogP contribution in [0.4, 0.5) is 13.6 Å². The molecule has 0 bridgehead atoms. The van der Waals surface area contributed by atoms with E-state index in [-0.39, 0.29) is 17.0 Å². The molecule has 1 aliphatic rings. The number of carbonyl (C=O) groups is 2. The number of alkyl halides is 2. The van der Waals surface area contributed by atoms with E-state index in [0.717, 1.165) is 11.0 Å². The van der Waals surface area contributed by atoms with Gasteiger partial charge in [0, 0.05) is 17.0 Å². The van der Waals surface area contributed by atoms with Crippen LogP contribution in [0.2, 0.25) is 0 Å². The molecule has 1 aliphatic heterocycles. The number of carboxylic acids is 1. The van der Waals surface area contributed by atoms with Gasteiger partial charge in [0.15, 0.2) is 0 Å². The summed E-state index contributed by atoms with van der Waals surface area (Å²) in [4.78, 5) is 25.4. The average molecular weight is 437 g/mol. The Hall–Kier alpha value is -2.78. The smallest absolute Gasteiger partial charge is 0.410 e. The van der Waals surface area contributed by atoms with Crippen molar-refractivity contribution in [3.05, 3.63) is 69.9 Å². The van der Waals surface area contributed by atoms with Crippen LogP contribution >= 0.6 is 11.3 Å². The van der Waals surface area contributed by atoms with Crippen LogP contribution in [0.25, 0.3) is 0 Å². The Bertz CT molecular complexity index is 915. The van der Waals surface area contributed by atoms with Gasteiger partial charge in [-0.15, -0.1) is 11.3 Å². The zero-order chi connectivity index (χ0) is 21.7. The second-order valence-electron chi connectivity index (χ2n) is 6.83. The van der Waals surface area contributed by atoms with Gasteiger partial charge in [0.25, 0.3) is 0 Å². The van der Waals surface area contributed by atoms with Crippen LogP contribution < -0.4 is 0 Å². The Morgan fingerprint density at radius 3 is 2.70 bits per heavy atom. The molecular weight excluding hydrogens is 416 g/mol. The van der Waals surface area contributed by atoms with Gasteiger partial charge in [-0.3, -0.25) is 4.90 Å². The zero-order valence-corrected chi connectivity index (χ0v) is 16.7. The second-order valence-corrected chi connectivity index (χ2v) is 8.00. The largest absolute Gasteiger partial charge is 0.477 e. The maximum absolute atomic E-state index is 14.4. The fraction of sp³-hybridized carbons (Fsp3) is 0.333. The number of hydrogen-bond acceptors (Lipinski definition) is 5. The van der Waals surface area contributed by atoms with Crippen LogP contribution in [0.1, 0.15) is 26.5 Å². The number of carbonyl (C=O) groups excluding carboxylic acids is 1. The number of nitrogens with zero attached hydrogens (tertiary/aromatic N) is 1. The number of carboxylic acid groups (broad SMARTS) is 1. The number of aromatic carboxylic acids is 1. The highest BCUT2D eigenvalue weighted by molar-refractivity contribution is 7.13. The normalized spacial score (nSPS) is 18.0. The van der Waals surface area contributed by atoms with Gasteiger partial charge in [-0.25, -0.2) is 9.59 Å². The number of cyclic esters (lactones) is 1. The molecule has 0 aliphatic carbocycles. The third kappa shape index (κ3) is 5.03. The minimum absolute atomic E-state index is 0.0150. The quantitative estimate of drug-likeness (QED) is 0.581. The Balaban J connectivity index is 1.58. The van der Waals surface area contributed by atoms with Crippen LogP contribution in [0.5, 0.6) is 0 Å². The second kappa shape index (κ2) is 9.36. The van der Waals surface area contributed by atoms with Crippen LogP contribution in [0.15, 0.2) is 54.6 Å². The van der Waals surface area contributed by atoms with Crippen molar-refractivity contribution in [2.24, 2.45) is 0 Å². The van der Waals surface area contributed by atoms with Crippen molar-refractivity contribution in [3.63, 3.8) is 0 Å². The molecule has 0 saturated carbocycles. The molecule has 1 amide bonds. The van der Waals surface area contributed by atoms with Crippen molar-refractivity contribution in [1.29, 1.82) is 0 Å². The summed E-state index contributed by atoms with van der Waals surface area (Å²) in [5.41, 5.74) is -0.297. The van der Waals surface area contributed by atoms with E-state index >= 15 is 0 Å². The fourth-order valence-electron chi connectivity index (χ4n) is 3.12. The summed E-state index contributed by atoms with van der Waals surface area (Å²) >= 11 is 1.18. The molecule has 2 unspecified atom stereocenters. The Morgan fingerprint density at radius 2 is 2.03 bits per heavy atom.